The van der Waals surface area contributed by atoms with Gasteiger partial charge in [-0.2, -0.15) is 0 Å². The Kier molecular flexibility index (Phi) is 3.09. The van der Waals surface area contributed by atoms with Crippen LogP contribution in [0.25, 0.3) is 0 Å². The number of aliphatic carboxylic acids is 1. The summed E-state index contributed by atoms with van der Waals surface area (Å²) in [6, 6.07) is 6.33. The van der Waals surface area contributed by atoms with E-state index in [4.69, 9.17) is 5.11 Å². The Morgan fingerprint density at radius 3 is 2.71 bits per heavy atom. The van der Waals surface area contributed by atoms with Crippen LogP contribution in [-0.4, -0.2) is 17.1 Å². The van der Waals surface area contributed by atoms with Gasteiger partial charge in [0.2, 0.25) is 0 Å². The molecule has 17 heavy (non-hydrogen) atoms. The number of hydrogen-bond acceptors (Lipinski definition) is 2. The highest BCUT2D eigenvalue weighted by atomic mass is 16.4. The topological polar surface area (TPSA) is 49.3 Å². The van der Waals surface area contributed by atoms with Crippen molar-refractivity contribution in [2.75, 3.05) is 5.32 Å². The molecule has 2 N–H and O–H groups in total. The van der Waals surface area contributed by atoms with Crippen LogP contribution in [0, 0.1) is 12.8 Å². The van der Waals surface area contributed by atoms with Crippen molar-refractivity contribution < 1.29 is 9.90 Å². The Bertz CT molecular complexity index is 440. The van der Waals surface area contributed by atoms with E-state index >= 15 is 0 Å². The van der Waals surface area contributed by atoms with Crippen molar-refractivity contribution in [2.24, 2.45) is 5.92 Å². The standard InChI is InChI=1S/C14H19NO2/c1-8(2)10-6-4-5-9(3)13(10)15-12-7-11(12)14(16)17/h4-6,8,11-12,15H,7H2,1-3H3,(H,16,17). The van der Waals surface area contributed by atoms with Crippen LogP contribution in [0.5, 0.6) is 0 Å². The highest BCUT2D eigenvalue weighted by Gasteiger charge is 2.43. The first-order chi connectivity index (χ1) is 8.00. The van der Waals surface area contributed by atoms with Gasteiger partial charge in [0.1, 0.15) is 0 Å². The predicted octanol–water partition coefficient (Wildman–Crippen LogP) is 3.00. The minimum Gasteiger partial charge on any atom is -0.481 e. The summed E-state index contributed by atoms with van der Waals surface area (Å²) in [7, 11) is 0. The van der Waals surface area contributed by atoms with Gasteiger partial charge in [-0.25, -0.2) is 0 Å². The van der Waals surface area contributed by atoms with E-state index in [1.807, 2.05) is 0 Å². The summed E-state index contributed by atoms with van der Waals surface area (Å²) < 4.78 is 0. The zero-order valence-electron chi connectivity index (χ0n) is 10.5. The third-order valence-corrected chi connectivity index (χ3v) is 3.36. The lowest BCUT2D eigenvalue weighted by Gasteiger charge is -2.17. The molecule has 0 aliphatic heterocycles. The van der Waals surface area contributed by atoms with Gasteiger partial charge in [-0.3, -0.25) is 4.79 Å². The number of aryl methyl sites for hydroxylation is 1. The summed E-state index contributed by atoms with van der Waals surface area (Å²) in [5.41, 5.74) is 3.57. The van der Waals surface area contributed by atoms with E-state index in [1.165, 1.54) is 11.1 Å². The maximum atomic E-state index is 10.8. The Labute approximate surface area is 102 Å². The number of nitrogens with one attached hydrogen (secondary N) is 1. The second-order valence-corrected chi connectivity index (χ2v) is 5.13. The predicted molar refractivity (Wildman–Crippen MR) is 68.4 cm³/mol. The van der Waals surface area contributed by atoms with Gasteiger partial charge < -0.3 is 10.4 Å². The van der Waals surface area contributed by atoms with Crippen LogP contribution in [0.3, 0.4) is 0 Å². The third-order valence-electron chi connectivity index (χ3n) is 3.36. The van der Waals surface area contributed by atoms with E-state index < -0.39 is 5.97 Å². The number of hydrogen-bond donors (Lipinski definition) is 2. The van der Waals surface area contributed by atoms with Crippen LogP contribution < -0.4 is 5.32 Å². The maximum absolute atomic E-state index is 10.8. The lowest BCUT2D eigenvalue weighted by Crippen LogP contribution is -2.12. The van der Waals surface area contributed by atoms with Crippen molar-refractivity contribution in [1.29, 1.82) is 0 Å². The van der Waals surface area contributed by atoms with Crippen molar-refractivity contribution >= 4 is 11.7 Å². The molecule has 3 nitrogen and oxygen atoms in total. The molecule has 1 saturated carbocycles. The number of carboxylic acids is 1. The molecule has 2 atom stereocenters. The first-order valence-electron chi connectivity index (χ1n) is 6.09. The lowest BCUT2D eigenvalue weighted by atomic mass is 9.98. The molecule has 1 aromatic rings. The fourth-order valence-corrected chi connectivity index (χ4v) is 2.18. The smallest absolute Gasteiger partial charge is 0.308 e. The fraction of sp³-hybridized carbons (Fsp3) is 0.500. The molecule has 0 saturated heterocycles. The van der Waals surface area contributed by atoms with Crippen LogP contribution in [0.1, 0.15) is 37.3 Å². The van der Waals surface area contributed by atoms with E-state index in [2.05, 4.69) is 44.3 Å². The molecule has 0 spiro atoms. The molecule has 0 bridgehead atoms. The minimum atomic E-state index is -0.692. The summed E-state index contributed by atoms with van der Waals surface area (Å²) in [6.07, 6.45) is 0.737. The molecule has 0 radical (unpaired) electrons. The average molecular weight is 233 g/mol. The molecule has 2 rings (SSSR count). The summed E-state index contributed by atoms with van der Waals surface area (Å²) in [5, 5.41) is 12.3. The highest BCUT2D eigenvalue weighted by Crippen LogP contribution is 2.37. The highest BCUT2D eigenvalue weighted by molar-refractivity contribution is 5.76. The van der Waals surface area contributed by atoms with E-state index in [0.717, 1.165) is 12.1 Å². The fourth-order valence-electron chi connectivity index (χ4n) is 2.18. The largest absolute Gasteiger partial charge is 0.481 e. The first-order valence-corrected chi connectivity index (χ1v) is 6.09. The number of carboxylic acid groups (broad SMARTS) is 1. The molecule has 1 aliphatic carbocycles. The Morgan fingerprint density at radius 2 is 2.18 bits per heavy atom. The van der Waals surface area contributed by atoms with Gasteiger partial charge in [0.25, 0.3) is 0 Å². The second-order valence-electron chi connectivity index (χ2n) is 5.13. The molecule has 1 aliphatic rings. The first kappa shape index (κ1) is 12.0. The molecule has 3 heteroatoms. The van der Waals surface area contributed by atoms with Gasteiger partial charge in [0.15, 0.2) is 0 Å². The van der Waals surface area contributed by atoms with Gasteiger partial charge in [0, 0.05) is 11.7 Å². The summed E-state index contributed by atoms with van der Waals surface area (Å²) in [5.74, 6) is -0.462. The molecule has 2 unspecified atom stereocenters. The molecule has 0 amide bonds. The van der Waals surface area contributed by atoms with Crippen LogP contribution in [0.15, 0.2) is 18.2 Å². The number of benzene rings is 1. The average Bonchev–Trinajstić information content (AvgIpc) is 3.00. The van der Waals surface area contributed by atoms with Gasteiger partial charge in [0.05, 0.1) is 5.92 Å². The normalized spacial score (nSPS) is 22.6. The number of carbonyl (C=O) groups is 1. The van der Waals surface area contributed by atoms with Crippen LogP contribution in [-0.2, 0) is 4.79 Å². The van der Waals surface area contributed by atoms with E-state index in [0.29, 0.717) is 5.92 Å². The lowest BCUT2D eigenvalue weighted by molar-refractivity contribution is -0.138. The molecule has 0 aromatic heterocycles. The zero-order chi connectivity index (χ0) is 12.6. The summed E-state index contributed by atoms with van der Waals surface area (Å²) in [4.78, 5) is 10.8. The Hall–Kier alpha value is -1.51. The van der Waals surface area contributed by atoms with E-state index in [-0.39, 0.29) is 12.0 Å². The van der Waals surface area contributed by atoms with Crippen LogP contribution >= 0.6 is 0 Å². The van der Waals surface area contributed by atoms with Crippen molar-refractivity contribution in [1.82, 2.24) is 0 Å². The Balaban J connectivity index is 2.18. The van der Waals surface area contributed by atoms with Crippen molar-refractivity contribution in [2.45, 2.75) is 39.2 Å². The number of para-hydroxylation sites is 1. The van der Waals surface area contributed by atoms with Gasteiger partial charge in [-0.15, -0.1) is 0 Å². The van der Waals surface area contributed by atoms with E-state index in [1.54, 1.807) is 0 Å². The molecule has 0 heterocycles. The molecular formula is C14H19NO2. The maximum Gasteiger partial charge on any atom is 0.308 e. The zero-order valence-corrected chi connectivity index (χ0v) is 10.5. The van der Waals surface area contributed by atoms with Crippen LogP contribution in [0.2, 0.25) is 0 Å². The number of anilines is 1. The second kappa shape index (κ2) is 4.40. The number of rotatable bonds is 4. The monoisotopic (exact) mass is 233 g/mol. The molecular weight excluding hydrogens is 214 g/mol. The van der Waals surface area contributed by atoms with E-state index in [9.17, 15) is 4.79 Å². The SMILES string of the molecule is Cc1cccc(C(C)C)c1NC1CC1C(=O)O. The quantitative estimate of drug-likeness (QED) is 0.840. The minimum absolute atomic E-state index is 0.103. The molecule has 92 valence electrons. The van der Waals surface area contributed by atoms with Crippen molar-refractivity contribution in [3.8, 4) is 0 Å². The third kappa shape index (κ3) is 2.43. The van der Waals surface area contributed by atoms with Gasteiger partial charge in [-0.05, 0) is 30.4 Å². The summed E-state index contributed by atoms with van der Waals surface area (Å²) >= 11 is 0. The van der Waals surface area contributed by atoms with Crippen molar-refractivity contribution in [3.63, 3.8) is 0 Å². The summed E-state index contributed by atoms with van der Waals surface area (Å²) in [6.45, 7) is 6.37. The van der Waals surface area contributed by atoms with Crippen molar-refractivity contribution in [3.05, 3.63) is 29.3 Å². The van der Waals surface area contributed by atoms with Gasteiger partial charge >= 0.3 is 5.97 Å². The molecule has 1 fully saturated rings. The van der Waals surface area contributed by atoms with Crippen LogP contribution in [0.4, 0.5) is 5.69 Å². The molecule has 1 aromatic carbocycles. The van der Waals surface area contributed by atoms with Gasteiger partial charge in [-0.1, -0.05) is 32.0 Å². The Morgan fingerprint density at radius 1 is 1.47 bits per heavy atom.